The maximum absolute atomic E-state index is 8.71. The predicted octanol–water partition coefficient (Wildman–Crippen LogP) is 1.96. The minimum absolute atomic E-state index is 0.339. The Balaban J connectivity index is 2.03. The van der Waals surface area contributed by atoms with Crippen LogP contribution in [0.2, 0.25) is 0 Å². The van der Waals surface area contributed by atoms with Gasteiger partial charge in [-0.3, -0.25) is 0 Å². The van der Waals surface area contributed by atoms with E-state index in [-0.39, 0.29) is 0 Å². The van der Waals surface area contributed by atoms with Crippen molar-refractivity contribution >= 4 is 5.69 Å². The lowest BCUT2D eigenvalue weighted by molar-refractivity contribution is 0.115. The lowest BCUT2D eigenvalue weighted by atomic mass is 10.2. The van der Waals surface area contributed by atoms with Crippen molar-refractivity contribution in [2.24, 2.45) is 0 Å². The zero-order valence-corrected chi connectivity index (χ0v) is 10.1. The molecule has 1 aromatic heterocycles. The first-order valence-corrected chi connectivity index (χ1v) is 6.06. The van der Waals surface area contributed by atoms with Crippen LogP contribution in [-0.2, 0) is 4.74 Å². The van der Waals surface area contributed by atoms with E-state index in [1.165, 1.54) is 0 Å². The largest absolute Gasteiger partial charge is 0.376 e. The summed E-state index contributed by atoms with van der Waals surface area (Å²) in [6, 6.07) is 5.74. The molecule has 0 N–H and O–H groups in total. The summed E-state index contributed by atoms with van der Waals surface area (Å²) in [6.45, 7) is 4.83. The van der Waals surface area contributed by atoms with E-state index in [2.05, 4.69) is 16.8 Å². The highest BCUT2D eigenvalue weighted by Crippen LogP contribution is 2.18. The molecule has 1 fully saturated rings. The highest BCUT2D eigenvalue weighted by Gasteiger charge is 2.18. The fraction of sp³-hybridized carbons (Fsp3) is 0.538. The van der Waals surface area contributed by atoms with Gasteiger partial charge in [-0.15, -0.1) is 0 Å². The topological polar surface area (TPSA) is 49.1 Å². The van der Waals surface area contributed by atoms with Gasteiger partial charge in [0.2, 0.25) is 0 Å². The lowest BCUT2D eigenvalue weighted by Crippen LogP contribution is -2.32. The van der Waals surface area contributed by atoms with Crippen molar-refractivity contribution in [3.63, 3.8) is 0 Å². The number of hydrogen-bond acceptors (Lipinski definition) is 4. The second-order valence-electron chi connectivity index (χ2n) is 4.19. The van der Waals surface area contributed by atoms with E-state index in [1.807, 2.05) is 12.1 Å². The molecule has 1 aliphatic rings. The third kappa shape index (κ3) is 2.95. The van der Waals surface area contributed by atoms with E-state index in [0.717, 1.165) is 38.2 Å². The second kappa shape index (κ2) is 5.65. The number of rotatable bonds is 4. The smallest absolute Gasteiger partial charge is 0.140 e. The van der Waals surface area contributed by atoms with Gasteiger partial charge < -0.3 is 9.64 Å². The van der Waals surface area contributed by atoms with Crippen LogP contribution in [0, 0.1) is 11.3 Å². The Morgan fingerprint density at radius 2 is 2.47 bits per heavy atom. The Kier molecular flexibility index (Phi) is 3.94. The molecule has 1 aromatic rings. The summed E-state index contributed by atoms with van der Waals surface area (Å²) in [5, 5.41) is 8.71. The van der Waals surface area contributed by atoms with Crippen LogP contribution in [0.25, 0.3) is 0 Å². The van der Waals surface area contributed by atoms with E-state index in [9.17, 15) is 0 Å². The highest BCUT2D eigenvalue weighted by molar-refractivity contribution is 5.45. The molecule has 0 spiro atoms. The lowest BCUT2D eigenvalue weighted by Gasteiger charge is -2.25. The molecule has 1 atom stereocenters. The molecule has 0 bridgehead atoms. The number of hydrogen-bond donors (Lipinski definition) is 0. The predicted molar refractivity (Wildman–Crippen MR) is 65.8 cm³/mol. The number of anilines is 1. The Labute approximate surface area is 102 Å². The van der Waals surface area contributed by atoms with E-state index < -0.39 is 0 Å². The molecular weight excluding hydrogens is 214 g/mol. The van der Waals surface area contributed by atoms with Crippen molar-refractivity contribution in [1.29, 1.82) is 5.26 Å². The number of nitrogens with zero attached hydrogens (tertiary/aromatic N) is 3. The number of ether oxygens (including phenoxy) is 1. The number of nitriles is 1. The van der Waals surface area contributed by atoms with Crippen LogP contribution in [0.5, 0.6) is 0 Å². The summed E-state index contributed by atoms with van der Waals surface area (Å²) in [5.41, 5.74) is 1.52. The number of pyridine rings is 1. The van der Waals surface area contributed by atoms with Crippen LogP contribution >= 0.6 is 0 Å². The minimum Gasteiger partial charge on any atom is -0.376 e. The summed E-state index contributed by atoms with van der Waals surface area (Å²) in [7, 11) is 0. The molecule has 90 valence electrons. The van der Waals surface area contributed by atoms with Crippen molar-refractivity contribution in [3.8, 4) is 6.07 Å². The molecule has 1 aliphatic heterocycles. The zero-order valence-electron chi connectivity index (χ0n) is 10.1. The SMILES string of the molecule is CCN(CC1CCCO1)c1ccc(C#N)nc1. The van der Waals surface area contributed by atoms with Crippen molar-refractivity contribution < 1.29 is 4.74 Å². The maximum Gasteiger partial charge on any atom is 0.140 e. The average molecular weight is 231 g/mol. The summed E-state index contributed by atoms with van der Waals surface area (Å²) in [5.74, 6) is 0. The normalized spacial score (nSPS) is 18.9. The molecule has 4 nitrogen and oxygen atoms in total. The summed E-state index contributed by atoms with van der Waals surface area (Å²) < 4.78 is 5.64. The Morgan fingerprint density at radius 1 is 1.59 bits per heavy atom. The summed E-state index contributed by atoms with van der Waals surface area (Å²) in [6.07, 6.45) is 4.40. The molecule has 1 saturated heterocycles. The van der Waals surface area contributed by atoms with Gasteiger partial charge in [0, 0.05) is 19.7 Å². The zero-order chi connectivity index (χ0) is 12.1. The molecule has 0 aliphatic carbocycles. The first kappa shape index (κ1) is 11.9. The van der Waals surface area contributed by atoms with Crippen molar-refractivity contribution in [1.82, 2.24) is 4.98 Å². The van der Waals surface area contributed by atoms with Crippen LogP contribution in [-0.4, -0.2) is 30.8 Å². The van der Waals surface area contributed by atoms with Gasteiger partial charge in [0.15, 0.2) is 0 Å². The molecule has 0 saturated carbocycles. The monoisotopic (exact) mass is 231 g/mol. The van der Waals surface area contributed by atoms with E-state index in [1.54, 1.807) is 12.3 Å². The minimum atomic E-state index is 0.339. The third-order valence-electron chi connectivity index (χ3n) is 3.06. The van der Waals surface area contributed by atoms with Crippen molar-refractivity contribution in [2.45, 2.75) is 25.9 Å². The standard InChI is InChI=1S/C13H17N3O/c1-2-16(10-13-4-3-7-17-13)12-6-5-11(8-14)15-9-12/h5-6,9,13H,2-4,7,10H2,1H3. The molecule has 0 amide bonds. The van der Waals surface area contributed by atoms with Gasteiger partial charge in [-0.1, -0.05) is 0 Å². The molecule has 0 radical (unpaired) electrons. The Hall–Kier alpha value is -1.60. The Bertz CT molecular complexity index is 390. The quantitative estimate of drug-likeness (QED) is 0.794. The molecule has 1 unspecified atom stereocenters. The maximum atomic E-state index is 8.71. The van der Waals surface area contributed by atoms with Crippen LogP contribution in [0.3, 0.4) is 0 Å². The molecule has 2 rings (SSSR count). The fourth-order valence-corrected chi connectivity index (χ4v) is 2.09. The van der Waals surface area contributed by atoms with E-state index in [4.69, 9.17) is 10.00 Å². The van der Waals surface area contributed by atoms with Gasteiger partial charge in [0.1, 0.15) is 11.8 Å². The molecule has 17 heavy (non-hydrogen) atoms. The first-order chi connectivity index (χ1) is 8.33. The van der Waals surface area contributed by atoms with Gasteiger partial charge >= 0.3 is 0 Å². The summed E-state index contributed by atoms with van der Waals surface area (Å²) in [4.78, 5) is 6.34. The first-order valence-electron chi connectivity index (χ1n) is 6.06. The third-order valence-corrected chi connectivity index (χ3v) is 3.06. The average Bonchev–Trinajstić information content (AvgIpc) is 2.89. The van der Waals surface area contributed by atoms with E-state index >= 15 is 0 Å². The van der Waals surface area contributed by atoms with Crippen LogP contribution in [0.4, 0.5) is 5.69 Å². The van der Waals surface area contributed by atoms with Gasteiger partial charge in [-0.2, -0.15) is 5.26 Å². The van der Waals surface area contributed by atoms with E-state index in [0.29, 0.717) is 11.8 Å². The van der Waals surface area contributed by atoms with Gasteiger partial charge in [-0.05, 0) is 31.9 Å². The molecular formula is C13H17N3O. The number of likely N-dealkylation sites (N-methyl/N-ethyl adjacent to an activating group) is 1. The van der Waals surface area contributed by atoms with Crippen molar-refractivity contribution in [2.75, 3.05) is 24.6 Å². The number of aromatic nitrogens is 1. The molecule has 0 aromatic carbocycles. The van der Waals surface area contributed by atoms with Gasteiger partial charge in [0.25, 0.3) is 0 Å². The second-order valence-corrected chi connectivity index (χ2v) is 4.19. The fourth-order valence-electron chi connectivity index (χ4n) is 2.09. The van der Waals surface area contributed by atoms with Gasteiger partial charge in [-0.25, -0.2) is 4.98 Å². The highest BCUT2D eigenvalue weighted by atomic mass is 16.5. The van der Waals surface area contributed by atoms with Crippen molar-refractivity contribution in [3.05, 3.63) is 24.0 Å². The van der Waals surface area contributed by atoms with Crippen LogP contribution in [0.1, 0.15) is 25.5 Å². The van der Waals surface area contributed by atoms with Crippen LogP contribution in [0.15, 0.2) is 18.3 Å². The van der Waals surface area contributed by atoms with Gasteiger partial charge in [0.05, 0.1) is 18.0 Å². The summed E-state index contributed by atoms with van der Waals surface area (Å²) >= 11 is 0. The van der Waals surface area contributed by atoms with Crippen LogP contribution < -0.4 is 4.90 Å². The molecule has 4 heteroatoms. The Morgan fingerprint density at radius 3 is 3.00 bits per heavy atom. The molecule has 2 heterocycles.